The maximum absolute atomic E-state index is 11.7. The first-order chi connectivity index (χ1) is 11.1. The third kappa shape index (κ3) is 2.58. The lowest BCUT2D eigenvalue weighted by atomic mass is 10.2. The molecule has 23 heavy (non-hydrogen) atoms. The summed E-state index contributed by atoms with van der Waals surface area (Å²) >= 11 is 6.26. The Balaban J connectivity index is 2.22. The van der Waals surface area contributed by atoms with Gasteiger partial charge in [0, 0.05) is 5.39 Å². The van der Waals surface area contributed by atoms with Crippen LogP contribution in [0.1, 0.15) is 5.69 Å². The molecule has 7 nitrogen and oxygen atoms in total. The standard InChI is InChI=1S/C15H15ClN4O3/c1-8-12(16)14-18-13(17-10(7-21)15(22)23-2)9-5-3-4-6-11(9)20(14)19-8/h3-6,10,21H,7H2,1-2H3,(H,17,18)/t10-/m0/s1. The van der Waals surface area contributed by atoms with Crippen molar-refractivity contribution in [3.05, 3.63) is 35.0 Å². The fourth-order valence-electron chi connectivity index (χ4n) is 2.38. The molecule has 0 aliphatic heterocycles. The minimum absolute atomic E-state index is 0.417. The number of nitrogens with one attached hydrogen (secondary N) is 1. The lowest BCUT2D eigenvalue weighted by Crippen LogP contribution is -2.34. The zero-order chi connectivity index (χ0) is 16.6. The highest BCUT2D eigenvalue weighted by Crippen LogP contribution is 2.28. The lowest BCUT2D eigenvalue weighted by molar-refractivity contribution is -0.142. The van der Waals surface area contributed by atoms with Crippen molar-refractivity contribution < 1.29 is 14.6 Å². The van der Waals surface area contributed by atoms with Gasteiger partial charge in [0.1, 0.15) is 16.9 Å². The van der Waals surface area contributed by atoms with Crippen molar-refractivity contribution in [1.29, 1.82) is 0 Å². The Bertz CT molecular complexity index is 893. The van der Waals surface area contributed by atoms with Crippen LogP contribution in [-0.4, -0.2) is 45.4 Å². The van der Waals surface area contributed by atoms with E-state index in [0.29, 0.717) is 22.2 Å². The highest BCUT2D eigenvalue weighted by atomic mass is 35.5. The quantitative estimate of drug-likeness (QED) is 0.707. The van der Waals surface area contributed by atoms with Crippen molar-refractivity contribution in [2.75, 3.05) is 19.0 Å². The number of hydrogen-bond acceptors (Lipinski definition) is 6. The number of aliphatic hydroxyl groups is 1. The van der Waals surface area contributed by atoms with E-state index < -0.39 is 18.6 Å². The number of nitrogens with zero attached hydrogens (tertiary/aromatic N) is 3. The summed E-state index contributed by atoms with van der Waals surface area (Å²) in [5.41, 5.74) is 1.93. The molecule has 0 saturated carbocycles. The highest BCUT2D eigenvalue weighted by molar-refractivity contribution is 6.34. The molecule has 1 atom stereocenters. The van der Waals surface area contributed by atoms with Gasteiger partial charge in [-0.25, -0.2) is 14.3 Å². The van der Waals surface area contributed by atoms with Gasteiger partial charge >= 0.3 is 5.97 Å². The zero-order valence-electron chi connectivity index (χ0n) is 12.6. The molecule has 0 amide bonds. The largest absolute Gasteiger partial charge is 0.467 e. The predicted octanol–water partition coefficient (Wildman–Crippen LogP) is 1.79. The molecule has 0 fully saturated rings. The number of anilines is 1. The molecular weight excluding hydrogens is 320 g/mol. The van der Waals surface area contributed by atoms with Gasteiger partial charge in [0.15, 0.2) is 5.65 Å². The minimum Gasteiger partial charge on any atom is -0.467 e. The number of benzene rings is 1. The summed E-state index contributed by atoms with van der Waals surface area (Å²) in [6.45, 7) is 1.38. The van der Waals surface area contributed by atoms with E-state index in [-0.39, 0.29) is 0 Å². The van der Waals surface area contributed by atoms with Crippen LogP contribution in [0.4, 0.5) is 5.82 Å². The smallest absolute Gasteiger partial charge is 0.330 e. The SMILES string of the molecule is COC(=O)[C@H](CO)Nc1nc2c(Cl)c(C)nn2c2ccccc12. The number of rotatable bonds is 4. The molecule has 0 aliphatic rings. The fraction of sp³-hybridized carbons (Fsp3) is 0.267. The topological polar surface area (TPSA) is 88.8 Å². The van der Waals surface area contributed by atoms with Crippen molar-refractivity contribution in [2.24, 2.45) is 0 Å². The van der Waals surface area contributed by atoms with Crippen LogP contribution < -0.4 is 5.32 Å². The molecule has 0 radical (unpaired) electrons. The molecule has 3 aromatic rings. The van der Waals surface area contributed by atoms with Crippen molar-refractivity contribution >= 4 is 39.9 Å². The van der Waals surface area contributed by atoms with E-state index in [0.717, 1.165) is 10.9 Å². The molecule has 3 rings (SSSR count). The summed E-state index contributed by atoms with van der Waals surface area (Å²) in [4.78, 5) is 16.2. The number of methoxy groups -OCH3 is 1. The first kappa shape index (κ1) is 15.5. The Labute approximate surface area is 136 Å². The first-order valence-corrected chi connectivity index (χ1v) is 7.33. The number of carbonyl (C=O) groups is 1. The number of hydrogen-bond donors (Lipinski definition) is 2. The molecule has 1 aromatic carbocycles. The van der Waals surface area contributed by atoms with E-state index in [1.54, 1.807) is 11.4 Å². The molecule has 2 N–H and O–H groups in total. The van der Waals surface area contributed by atoms with Crippen molar-refractivity contribution in [1.82, 2.24) is 14.6 Å². The molecule has 8 heteroatoms. The normalized spacial score (nSPS) is 12.5. The van der Waals surface area contributed by atoms with Gasteiger partial charge in [0.25, 0.3) is 0 Å². The third-order valence-corrected chi connectivity index (χ3v) is 3.99. The van der Waals surface area contributed by atoms with Crippen LogP contribution >= 0.6 is 11.6 Å². The number of halogens is 1. The van der Waals surface area contributed by atoms with Gasteiger partial charge in [-0.1, -0.05) is 23.7 Å². The summed E-state index contributed by atoms with van der Waals surface area (Å²) in [5, 5.41) is 17.9. The Morgan fingerprint density at radius 3 is 2.91 bits per heavy atom. The summed E-state index contributed by atoms with van der Waals surface area (Å²) in [6, 6.07) is 6.54. The van der Waals surface area contributed by atoms with Gasteiger partial charge < -0.3 is 15.2 Å². The predicted molar refractivity (Wildman–Crippen MR) is 86.8 cm³/mol. The van der Waals surface area contributed by atoms with Crippen LogP contribution in [0, 0.1) is 6.92 Å². The summed E-state index contributed by atoms with van der Waals surface area (Å²) in [7, 11) is 1.26. The van der Waals surface area contributed by atoms with Gasteiger partial charge in [-0.2, -0.15) is 5.10 Å². The first-order valence-electron chi connectivity index (χ1n) is 6.95. The van der Waals surface area contributed by atoms with E-state index >= 15 is 0 Å². The molecular formula is C15H15ClN4O3. The Kier molecular flexibility index (Phi) is 4.06. The van der Waals surface area contributed by atoms with Gasteiger partial charge in [-0.3, -0.25) is 0 Å². The molecule has 2 aromatic heterocycles. The second-order valence-corrected chi connectivity index (χ2v) is 5.39. The average molecular weight is 335 g/mol. The second-order valence-electron chi connectivity index (χ2n) is 5.02. The highest BCUT2D eigenvalue weighted by Gasteiger charge is 2.21. The Hall–Kier alpha value is -2.38. The molecule has 0 aliphatic carbocycles. The number of aliphatic hydroxyl groups excluding tert-OH is 1. The number of aromatic nitrogens is 3. The van der Waals surface area contributed by atoms with Crippen LogP contribution in [0.3, 0.4) is 0 Å². The summed E-state index contributed by atoms with van der Waals surface area (Å²) in [6.07, 6.45) is 0. The van der Waals surface area contributed by atoms with Crippen molar-refractivity contribution in [2.45, 2.75) is 13.0 Å². The maximum atomic E-state index is 11.7. The second kappa shape index (κ2) is 6.02. The van der Waals surface area contributed by atoms with Gasteiger partial charge in [0.2, 0.25) is 0 Å². The molecule has 0 bridgehead atoms. The average Bonchev–Trinajstić information content (AvgIpc) is 2.87. The Morgan fingerprint density at radius 2 is 2.22 bits per heavy atom. The van der Waals surface area contributed by atoms with E-state index in [2.05, 4.69) is 20.1 Å². The third-order valence-electron chi connectivity index (χ3n) is 3.55. The number of esters is 1. The number of carbonyl (C=O) groups excluding carboxylic acids is 1. The van der Waals surface area contributed by atoms with Crippen molar-refractivity contribution in [3.8, 4) is 0 Å². The van der Waals surface area contributed by atoms with Crippen LogP contribution in [-0.2, 0) is 9.53 Å². The minimum atomic E-state index is -0.916. The van der Waals surface area contributed by atoms with Crippen molar-refractivity contribution in [3.63, 3.8) is 0 Å². The van der Waals surface area contributed by atoms with Crippen LogP contribution in [0.15, 0.2) is 24.3 Å². The number of aryl methyl sites for hydroxylation is 1. The van der Waals surface area contributed by atoms with E-state index in [9.17, 15) is 9.90 Å². The van der Waals surface area contributed by atoms with E-state index in [1.807, 2.05) is 24.3 Å². The van der Waals surface area contributed by atoms with Gasteiger partial charge in [0.05, 0.1) is 24.9 Å². The van der Waals surface area contributed by atoms with Crippen LogP contribution in [0.25, 0.3) is 16.6 Å². The molecule has 0 unspecified atom stereocenters. The fourth-order valence-corrected chi connectivity index (χ4v) is 2.54. The molecule has 0 saturated heterocycles. The molecule has 120 valence electrons. The van der Waals surface area contributed by atoms with Crippen LogP contribution in [0.5, 0.6) is 0 Å². The number of fused-ring (bicyclic) bond motifs is 3. The van der Waals surface area contributed by atoms with Gasteiger partial charge in [-0.15, -0.1) is 0 Å². The van der Waals surface area contributed by atoms with Crippen LogP contribution in [0.2, 0.25) is 5.02 Å². The molecule has 2 heterocycles. The van der Waals surface area contributed by atoms with E-state index in [4.69, 9.17) is 11.6 Å². The maximum Gasteiger partial charge on any atom is 0.330 e. The lowest BCUT2D eigenvalue weighted by Gasteiger charge is -2.16. The monoisotopic (exact) mass is 334 g/mol. The summed E-state index contributed by atoms with van der Waals surface area (Å²) < 4.78 is 6.33. The van der Waals surface area contributed by atoms with E-state index in [1.165, 1.54) is 7.11 Å². The zero-order valence-corrected chi connectivity index (χ0v) is 13.3. The number of para-hydroxylation sites is 1. The summed E-state index contributed by atoms with van der Waals surface area (Å²) in [5.74, 6) is -0.145. The van der Waals surface area contributed by atoms with Gasteiger partial charge in [-0.05, 0) is 19.1 Å². The molecule has 0 spiro atoms. The number of ether oxygens (including phenoxy) is 1. The Morgan fingerprint density at radius 1 is 1.48 bits per heavy atom.